The Morgan fingerprint density at radius 1 is 1.09 bits per heavy atom. The van der Waals surface area contributed by atoms with Gasteiger partial charge in [0.15, 0.2) is 0 Å². The number of rotatable bonds is 4. The number of sulfonamides is 1. The molecule has 3 heterocycles. The third-order valence-electron chi connectivity index (χ3n) is 5.32. The minimum Gasteiger partial charge on any atom is -0.321 e. The maximum Gasteiger partial charge on any atom is 0.256 e. The van der Waals surface area contributed by atoms with E-state index in [1.54, 1.807) is 35.6 Å². The first-order chi connectivity index (χ1) is 15.4. The number of hydrogen-bond acceptors (Lipinski definition) is 5. The van der Waals surface area contributed by atoms with Gasteiger partial charge in [-0.2, -0.15) is 0 Å². The SMILES string of the molecule is O=C(Nc1cc(N2CCCS2(=O)=O)ccc1Cl)c1cc(-c2cccs2)nc2ccccc12. The van der Waals surface area contributed by atoms with E-state index < -0.39 is 10.0 Å². The zero-order valence-corrected chi connectivity index (χ0v) is 19.2. The predicted octanol–water partition coefficient (Wildman–Crippen LogP) is 5.41. The van der Waals surface area contributed by atoms with E-state index in [2.05, 4.69) is 5.32 Å². The quantitative estimate of drug-likeness (QED) is 0.421. The average molecular weight is 484 g/mol. The number of halogens is 1. The molecule has 0 unspecified atom stereocenters. The Morgan fingerprint density at radius 3 is 2.69 bits per heavy atom. The van der Waals surface area contributed by atoms with Crippen LogP contribution in [0.3, 0.4) is 0 Å². The molecule has 4 aromatic rings. The van der Waals surface area contributed by atoms with E-state index in [1.807, 2.05) is 41.8 Å². The normalized spacial score (nSPS) is 15.2. The van der Waals surface area contributed by atoms with E-state index in [0.717, 1.165) is 10.3 Å². The largest absolute Gasteiger partial charge is 0.321 e. The number of nitrogens with one attached hydrogen (secondary N) is 1. The van der Waals surface area contributed by atoms with Gasteiger partial charge in [0.1, 0.15) is 0 Å². The molecule has 1 aliphatic rings. The number of fused-ring (bicyclic) bond motifs is 1. The molecule has 2 aromatic carbocycles. The van der Waals surface area contributed by atoms with Gasteiger partial charge in [-0.05, 0) is 48.2 Å². The van der Waals surface area contributed by atoms with Crippen LogP contribution >= 0.6 is 22.9 Å². The topological polar surface area (TPSA) is 79.4 Å². The second-order valence-corrected chi connectivity index (χ2v) is 10.8. The van der Waals surface area contributed by atoms with Gasteiger partial charge in [-0.25, -0.2) is 13.4 Å². The molecule has 0 bridgehead atoms. The van der Waals surface area contributed by atoms with E-state index in [-0.39, 0.29) is 11.7 Å². The molecule has 0 saturated carbocycles. The van der Waals surface area contributed by atoms with E-state index in [1.165, 1.54) is 4.31 Å². The van der Waals surface area contributed by atoms with Gasteiger partial charge in [0.25, 0.3) is 5.91 Å². The predicted molar refractivity (Wildman–Crippen MR) is 130 cm³/mol. The van der Waals surface area contributed by atoms with Gasteiger partial charge >= 0.3 is 0 Å². The second-order valence-electron chi connectivity index (χ2n) is 7.41. The maximum absolute atomic E-state index is 13.3. The first-order valence-corrected chi connectivity index (χ1v) is 12.8. The van der Waals surface area contributed by atoms with Crippen molar-refractivity contribution in [1.82, 2.24) is 4.98 Å². The summed E-state index contributed by atoms with van der Waals surface area (Å²) in [6.45, 7) is 0.413. The molecular formula is C23H18ClN3O3S2. The van der Waals surface area contributed by atoms with Crippen LogP contribution in [0.2, 0.25) is 5.02 Å². The molecule has 6 nitrogen and oxygen atoms in total. The Hall–Kier alpha value is -2.94. The number of carbonyl (C=O) groups excluding carboxylic acids is 1. The molecule has 162 valence electrons. The van der Waals surface area contributed by atoms with Crippen molar-refractivity contribution >= 4 is 61.1 Å². The third kappa shape index (κ3) is 3.85. The molecule has 0 spiro atoms. The Labute approximate surface area is 194 Å². The summed E-state index contributed by atoms with van der Waals surface area (Å²) in [5.74, 6) is -0.226. The fourth-order valence-electron chi connectivity index (χ4n) is 3.80. The summed E-state index contributed by atoms with van der Waals surface area (Å²) in [6.07, 6.45) is 0.571. The summed E-state index contributed by atoms with van der Waals surface area (Å²) in [5.41, 5.74) is 2.74. The van der Waals surface area contributed by atoms with Gasteiger partial charge in [-0.3, -0.25) is 9.10 Å². The molecule has 9 heteroatoms. The maximum atomic E-state index is 13.3. The molecule has 1 aliphatic heterocycles. The number of para-hydroxylation sites is 1. The van der Waals surface area contributed by atoms with Crippen LogP contribution in [-0.4, -0.2) is 31.6 Å². The van der Waals surface area contributed by atoms with Crippen LogP contribution in [0.4, 0.5) is 11.4 Å². The lowest BCUT2D eigenvalue weighted by molar-refractivity contribution is 0.102. The van der Waals surface area contributed by atoms with Crippen LogP contribution in [0.25, 0.3) is 21.5 Å². The molecule has 0 atom stereocenters. The lowest BCUT2D eigenvalue weighted by Gasteiger charge is -2.18. The van der Waals surface area contributed by atoms with Crippen molar-refractivity contribution in [2.24, 2.45) is 0 Å². The second kappa shape index (κ2) is 8.20. The van der Waals surface area contributed by atoms with E-state index in [0.29, 0.717) is 46.1 Å². The Balaban J connectivity index is 1.54. The van der Waals surface area contributed by atoms with Crippen LogP contribution in [0, 0.1) is 0 Å². The van der Waals surface area contributed by atoms with Crippen LogP contribution in [-0.2, 0) is 10.0 Å². The Morgan fingerprint density at radius 2 is 1.94 bits per heavy atom. The van der Waals surface area contributed by atoms with Gasteiger partial charge in [-0.15, -0.1) is 11.3 Å². The molecule has 0 aliphatic carbocycles. The molecule has 1 amide bonds. The van der Waals surface area contributed by atoms with Gasteiger partial charge in [0.2, 0.25) is 10.0 Å². The van der Waals surface area contributed by atoms with Gasteiger partial charge in [-0.1, -0.05) is 35.9 Å². The van der Waals surface area contributed by atoms with Crippen LogP contribution in [0.5, 0.6) is 0 Å². The number of benzene rings is 2. The van der Waals surface area contributed by atoms with Gasteiger partial charge < -0.3 is 5.32 Å². The van der Waals surface area contributed by atoms with Crippen molar-refractivity contribution in [2.75, 3.05) is 21.9 Å². The number of aromatic nitrogens is 1. The Kier molecular flexibility index (Phi) is 5.36. The first kappa shape index (κ1) is 20.9. The summed E-state index contributed by atoms with van der Waals surface area (Å²) < 4.78 is 26.0. The fourth-order valence-corrected chi connectivity index (χ4v) is 6.20. The lowest BCUT2D eigenvalue weighted by Crippen LogP contribution is -2.25. The molecular weight excluding hydrogens is 466 g/mol. The van der Waals surface area contributed by atoms with Crippen molar-refractivity contribution in [1.29, 1.82) is 0 Å². The van der Waals surface area contributed by atoms with E-state index >= 15 is 0 Å². The number of amides is 1. The highest BCUT2D eigenvalue weighted by Gasteiger charge is 2.29. The van der Waals surface area contributed by atoms with Crippen molar-refractivity contribution in [3.8, 4) is 10.6 Å². The van der Waals surface area contributed by atoms with Gasteiger partial charge in [0.05, 0.1) is 43.8 Å². The van der Waals surface area contributed by atoms with Crippen molar-refractivity contribution < 1.29 is 13.2 Å². The number of nitrogens with zero attached hydrogens (tertiary/aromatic N) is 2. The summed E-state index contributed by atoms with van der Waals surface area (Å²) in [5, 5.41) is 5.88. The molecule has 1 N–H and O–H groups in total. The number of pyridine rings is 1. The summed E-state index contributed by atoms with van der Waals surface area (Å²) >= 11 is 7.89. The summed E-state index contributed by atoms with van der Waals surface area (Å²) in [7, 11) is -3.34. The summed E-state index contributed by atoms with van der Waals surface area (Å²) in [6, 6.07) is 18.0. The highest BCUT2D eigenvalue weighted by atomic mass is 35.5. The molecule has 0 radical (unpaired) electrons. The summed E-state index contributed by atoms with van der Waals surface area (Å²) in [4.78, 5) is 19.0. The zero-order valence-electron chi connectivity index (χ0n) is 16.8. The third-order valence-corrected chi connectivity index (χ3v) is 8.41. The highest BCUT2D eigenvalue weighted by Crippen LogP contribution is 2.33. The monoisotopic (exact) mass is 483 g/mol. The minimum absolute atomic E-state index is 0.117. The standard InChI is InChI=1S/C23H18ClN3O3S2/c24-18-9-8-15(27-10-4-12-32(27,29)30)13-20(18)26-23(28)17-14-21(22-7-3-11-31-22)25-19-6-2-1-5-16(17)19/h1-3,5-9,11,13-14H,4,10,12H2,(H,26,28). The molecule has 2 aromatic heterocycles. The number of thiophene rings is 1. The lowest BCUT2D eigenvalue weighted by atomic mass is 10.1. The number of hydrogen-bond donors (Lipinski definition) is 1. The van der Waals surface area contributed by atoms with Crippen LogP contribution in [0.15, 0.2) is 66.0 Å². The Bertz CT molecular complexity index is 1440. The molecule has 1 fully saturated rings. The van der Waals surface area contributed by atoms with Crippen molar-refractivity contribution in [3.63, 3.8) is 0 Å². The molecule has 1 saturated heterocycles. The smallest absolute Gasteiger partial charge is 0.256 e. The zero-order chi connectivity index (χ0) is 22.3. The van der Waals surface area contributed by atoms with E-state index in [9.17, 15) is 13.2 Å². The van der Waals surface area contributed by atoms with Crippen LogP contribution < -0.4 is 9.62 Å². The van der Waals surface area contributed by atoms with Crippen LogP contribution in [0.1, 0.15) is 16.8 Å². The average Bonchev–Trinajstić information content (AvgIpc) is 3.44. The first-order valence-electron chi connectivity index (χ1n) is 9.97. The fraction of sp³-hybridized carbons (Fsp3) is 0.130. The molecule has 5 rings (SSSR count). The number of anilines is 2. The van der Waals surface area contributed by atoms with Crippen molar-refractivity contribution in [2.45, 2.75) is 6.42 Å². The van der Waals surface area contributed by atoms with Gasteiger partial charge in [0, 0.05) is 11.9 Å². The minimum atomic E-state index is -3.34. The molecule has 32 heavy (non-hydrogen) atoms. The van der Waals surface area contributed by atoms with Crippen molar-refractivity contribution in [3.05, 3.63) is 76.6 Å². The highest BCUT2D eigenvalue weighted by molar-refractivity contribution is 7.93. The number of carbonyl (C=O) groups is 1. The van der Waals surface area contributed by atoms with E-state index in [4.69, 9.17) is 16.6 Å².